The summed E-state index contributed by atoms with van der Waals surface area (Å²) >= 11 is 7.06. The first-order valence-corrected chi connectivity index (χ1v) is 8.09. The fourth-order valence-corrected chi connectivity index (χ4v) is 3.14. The van der Waals surface area contributed by atoms with E-state index >= 15 is 0 Å². The number of nitrogens with zero attached hydrogens (tertiary/aromatic N) is 1. The zero-order valence-corrected chi connectivity index (χ0v) is 13.9. The molecule has 1 atom stereocenters. The third kappa shape index (κ3) is 4.34. The Bertz CT molecular complexity index is 389. The van der Waals surface area contributed by atoms with Gasteiger partial charge in [0, 0.05) is 28.1 Å². The summed E-state index contributed by atoms with van der Waals surface area (Å²) in [5, 5.41) is 3.60. The number of hydrogen-bond donors (Lipinski definition) is 1. The summed E-state index contributed by atoms with van der Waals surface area (Å²) in [6.07, 6.45) is 4.02. The Balaban J connectivity index is 1.85. The highest BCUT2D eigenvalue weighted by Gasteiger charge is 2.14. The van der Waals surface area contributed by atoms with Gasteiger partial charge in [-0.3, -0.25) is 0 Å². The molecule has 1 aromatic rings. The third-order valence-electron chi connectivity index (χ3n) is 3.38. The first-order valence-electron chi connectivity index (χ1n) is 6.51. The zero-order chi connectivity index (χ0) is 13.0. The van der Waals surface area contributed by atoms with Gasteiger partial charge in [0.1, 0.15) is 0 Å². The molecule has 0 spiro atoms. The molecule has 2 rings (SSSR count). The van der Waals surface area contributed by atoms with Crippen molar-refractivity contribution in [3.63, 3.8) is 0 Å². The van der Waals surface area contributed by atoms with Crippen LogP contribution < -0.4 is 5.32 Å². The first kappa shape index (κ1) is 14.5. The molecule has 1 unspecified atom stereocenters. The van der Waals surface area contributed by atoms with Gasteiger partial charge in [0.25, 0.3) is 0 Å². The van der Waals surface area contributed by atoms with E-state index in [9.17, 15) is 0 Å². The Kier molecular flexibility index (Phi) is 5.67. The summed E-state index contributed by atoms with van der Waals surface area (Å²) in [6.45, 7) is 3.32. The van der Waals surface area contributed by atoms with Crippen molar-refractivity contribution in [1.29, 1.82) is 0 Å². The normalized spacial score (nSPS) is 20.3. The Hall–Kier alpha value is 0.1000. The van der Waals surface area contributed by atoms with E-state index in [0.717, 1.165) is 22.0 Å². The van der Waals surface area contributed by atoms with Crippen molar-refractivity contribution in [3.8, 4) is 0 Å². The quantitative estimate of drug-likeness (QED) is 0.861. The second-order valence-corrected chi connectivity index (χ2v) is 6.80. The average molecular weight is 376 g/mol. The Labute approximate surface area is 126 Å². The molecule has 1 fully saturated rings. The van der Waals surface area contributed by atoms with Crippen LogP contribution in [-0.2, 0) is 6.54 Å². The minimum Gasteiger partial charge on any atom is -0.313 e. The maximum Gasteiger partial charge on any atom is 0.0320 e. The predicted octanol–water partition coefficient (Wildman–Crippen LogP) is 3.79. The zero-order valence-electron chi connectivity index (χ0n) is 10.8. The van der Waals surface area contributed by atoms with E-state index in [1.807, 2.05) is 0 Å². The number of benzene rings is 1. The molecule has 1 aliphatic heterocycles. The molecule has 0 bridgehead atoms. The van der Waals surface area contributed by atoms with Crippen LogP contribution in [-0.4, -0.2) is 31.1 Å². The van der Waals surface area contributed by atoms with Crippen molar-refractivity contribution >= 4 is 31.9 Å². The van der Waals surface area contributed by atoms with Crippen LogP contribution >= 0.6 is 31.9 Å². The monoisotopic (exact) mass is 374 g/mol. The topological polar surface area (TPSA) is 15.3 Å². The standard InChI is InChI=1S/C14H20Br2N2/c1-18(10-12-4-2-3-7-17-12)9-11-5-6-13(15)14(16)8-11/h5-6,8,12,17H,2-4,7,9-10H2,1H3. The van der Waals surface area contributed by atoms with Gasteiger partial charge < -0.3 is 10.2 Å². The molecule has 1 saturated heterocycles. The molecule has 0 amide bonds. The molecule has 1 aliphatic rings. The summed E-state index contributed by atoms with van der Waals surface area (Å²) in [6, 6.07) is 7.14. The van der Waals surface area contributed by atoms with E-state index in [-0.39, 0.29) is 0 Å². The molecular formula is C14H20Br2N2. The molecule has 0 radical (unpaired) electrons. The number of likely N-dealkylation sites (N-methyl/N-ethyl adjacent to an activating group) is 1. The third-order valence-corrected chi connectivity index (χ3v) is 5.26. The van der Waals surface area contributed by atoms with Crippen molar-refractivity contribution in [1.82, 2.24) is 10.2 Å². The largest absolute Gasteiger partial charge is 0.313 e. The van der Waals surface area contributed by atoms with E-state index in [1.165, 1.54) is 31.4 Å². The van der Waals surface area contributed by atoms with Crippen molar-refractivity contribution in [2.75, 3.05) is 20.1 Å². The Morgan fingerprint density at radius 2 is 2.11 bits per heavy atom. The Morgan fingerprint density at radius 1 is 1.28 bits per heavy atom. The summed E-state index contributed by atoms with van der Waals surface area (Å²) < 4.78 is 2.24. The lowest BCUT2D eigenvalue weighted by Gasteiger charge is -2.28. The molecule has 1 N–H and O–H groups in total. The van der Waals surface area contributed by atoms with Gasteiger partial charge in [-0.2, -0.15) is 0 Å². The number of hydrogen-bond acceptors (Lipinski definition) is 2. The van der Waals surface area contributed by atoms with E-state index < -0.39 is 0 Å². The van der Waals surface area contributed by atoms with Gasteiger partial charge in [-0.15, -0.1) is 0 Å². The van der Waals surface area contributed by atoms with E-state index in [2.05, 4.69) is 67.3 Å². The van der Waals surface area contributed by atoms with Crippen molar-refractivity contribution in [2.45, 2.75) is 31.8 Å². The second kappa shape index (κ2) is 7.04. The minimum atomic E-state index is 0.669. The lowest BCUT2D eigenvalue weighted by molar-refractivity contribution is 0.256. The minimum absolute atomic E-state index is 0.669. The molecule has 18 heavy (non-hydrogen) atoms. The lowest BCUT2D eigenvalue weighted by atomic mass is 10.0. The van der Waals surface area contributed by atoms with E-state index in [4.69, 9.17) is 0 Å². The Morgan fingerprint density at radius 3 is 2.78 bits per heavy atom. The summed E-state index contributed by atoms with van der Waals surface area (Å²) in [4.78, 5) is 2.40. The average Bonchev–Trinajstić information content (AvgIpc) is 2.35. The first-order chi connectivity index (χ1) is 8.65. The molecule has 0 saturated carbocycles. The summed E-state index contributed by atoms with van der Waals surface area (Å²) in [5.41, 5.74) is 1.35. The number of halogens is 2. The fourth-order valence-electron chi connectivity index (χ4n) is 2.47. The fraction of sp³-hybridized carbons (Fsp3) is 0.571. The molecule has 1 aromatic carbocycles. The highest BCUT2D eigenvalue weighted by Crippen LogP contribution is 2.24. The van der Waals surface area contributed by atoms with Crippen LogP contribution in [0.3, 0.4) is 0 Å². The van der Waals surface area contributed by atoms with Gasteiger partial charge in [0.05, 0.1) is 0 Å². The molecule has 4 heteroatoms. The summed E-state index contributed by atoms with van der Waals surface area (Å²) in [7, 11) is 2.20. The van der Waals surface area contributed by atoms with Crippen LogP contribution in [0.15, 0.2) is 27.1 Å². The second-order valence-electron chi connectivity index (χ2n) is 5.09. The number of piperidine rings is 1. The van der Waals surface area contributed by atoms with Crippen molar-refractivity contribution in [2.24, 2.45) is 0 Å². The molecule has 100 valence electrons. The van der Waals surface area contributed by atoms with Gasteiger partial charge in [0.2, 0.25) is 0 Å². The van der Waals surface area contributed by atoms with Gasteiger partial charge in [-0.05, 0) is 76.0 Å². The van der Waals surface area contributed by atoms with Crippen LogP contribution in [0.2, 0.25) is 0 Å². The predicted molar refractivity (Wildman–Crippen MR) is 83.8 cm³/mol. The van der Waals surface area contributed by atoms with E-state index in [1.54, 1.807) is 0 Å². The lowest BCUT2D eigenvalue weighted by Crippen LogP contribution is -2.42. The summed E-state index contributed by atoms with van der Waals surface area (Å²) in [5.74, 6) is 0. The van der Waals surface area contributed by atoms with Gasteiger partial charge in [0.15, 0.2) is 0 Å². The molecule has 0 aromatic heterocycles. The molecule has 0 aliphatic carbocycles. The van der Waals surface area contributed by atoms with Crippen LogP contribution in [0, 0.1) is 0 Å². The highest BCUT2D eigenvalue weighted by atomic mass is 79.9. The SMILES string of the molecule is CN(Cc1ccc(Br)c(Br)c1)CC1CCCCN1. The maximum atomic E-state index is 3.60. The van der Waals surface area contributed by atoms with Gasteiger partial charge in [-0.1, -0.05) is 12.5 Å². The molecule has 2 nitrogen and oxygen atoms in total. The maximum absolute atomic E-state index is 3.60. The van der Waals surface area contributed by atoms with Crippen LogP contribution in [0.4, 0.5) is 0 Å². The van der Waals surface area contributed by atoms with Crippen molar-refractivity contribution < 1.29 is 0 Å². The number of nitrogens with one attached hydrogen (secondary N) is 1. The van der Waals surface area contributed by atoms with Crippen LogP contribution in [0.1, 0.15) is 24.8 Å². The van der Waals surface area contributed by atoms with Crippen LogP contribution in [0.25, 0.3) is 0 Å². The van der Waals surface area contributed by atoms with Crippen LogP contribution in [0.5, 0.6) is 0 Å². The molecule has 1 heterocycles. The van der Waals surface area contributed by atoms with Gasteiger partial charge in [-0.25, -0.2) is 0 Å². The highest BCUT2D eigenvalue weighted by molar-refractivity contribution is 9.13. The molecular weight excluding hydrogens is 356 g/mol. The smallest absolute Gasteiger partial charge is 0.0320 e. The van der Waals surface area contributed by atoms with E-state index in [0.29, 0.717) is 6.04 Å². The number of rotatable bonds is 4. The van der Waals surface area contributed by atoms with Gasteiger partial charge >= 0.3 is 0 Å². The van der Waals surface area contributed by atoms with Crippen molar-refractivity contribution in [3.05, 3.63) is 32.7 Å².